The number of aromatic nitrogens is 2. The van der Waals surface area contributed by atoms with E-state index in [9.17, 15) is 4.79 Å². The summed E-state index contributed by atoms with van der Waals surface area (Å²) in [4.78, 5) is 13.7. The smallest absolute Gasteiger partial charge is 0.246 e. The lowest BCUT2D eigenvalue weighted by molar-refractivity contribution is -0.129. The Morgan fingerprint density at radius 3 is 2.62 bits per heavy atom. The van der Waals surface area contributed by atoms with E-state index in [4.69, 9.17) is 11.6 Å². The van der Waals surface area contributed by atoms with Gasteiger partial charge in [-0.3, -0.25) is 4.79 Å². The fourth-order valence-electron chi connectivity index (χ4n) is 2.24. The molecule has 108 valence electrons. The van der Waals surface area contributed by atoms with Crippen molar-refractivity contribution in [3.63, 3.8) is 0 Å². The Morgan fingerprint density at radius 1 is 1.29 bits per heavy atom. The number of likely N-dealkylation sites (tertiary alicyclic amines) is 1. The first-order valence-corrected chi connectivity index (χ1v) is 7.32. The quantitative estimate of drug-likeness (QED) is 0.817. The molecule has 21 heavy (non-hydrogen) atoms. The number of hydrogen-bond donors (Lipinski definition) is 0. The first-order valence-electron chi connectivity index (χ1n) is 6.94. The maximum atomic E-state index is 11.9. The van der Waals surface area contributed by atoms with Crippen LogP contribution in [0.1, 0.15) is 17.7 Å². The van der Waals surface area contributed by atoms with Crippen LogP contribution in [0.3, 0.4) is 0 Å². The van der Waals surface area contributed by atoms with Crippen LogP contribution in [0.15, 0.2) is 36.4 Å². The number of para-hydroxylation sites is 1. The number of carbonyl (C=O) groups is 1. The molecule has 0 bridgehead atoms. The second-order valence-electron chi connectivity index (χ2n) is 5.05. The Balaban J connectivity index is 1.88. The van der Waals surface area contributed by atoms with E-state index in [0.29, 0.717) is 5.15 Å². The van der Waals surface area contributed by atoms with Gasteiger partial charge in [-0.2, -0.15) is 5.10 Å². The zero-order chi connectivity index (χ0) is 14.8. The van der Waals surface area contributed by atoms with E-state index < -0.39 is 0 Å². The third kappa shape index (κ3) is 2.72. The van der Waals surface area contributed by atoms with Gasteiger partial charge in [-0.25, -0.2) is 4.68 Å². The molecule has 4 nitrogen and oxygen atoms in total. The molecule has 1 aliphatic rings. The Kier molecular flexibility index (Phi) is 3.80. The van der Waals surface area contributed by atoms with Gasteiger partial charge in [0.25, 0.3) is 0 Å². The summed E-state index contributed by atoms with van der Waals surface area (Å²) in [5.41, 5.74) is 2.49. The fourth-order valence-corrected chi connectivity index (χ4v) is 2.57. The van der Waals surface area contributed by atoms with Gasteiger partial charge in [-0.05, 0) is 31.6 Å². The van der Waals surface area contributed by atoms with Crippen molar-refractivity contribution in [1.29, 1.82) is 0 Å². The summed E-state index contributed by atoms with van der Waals surface area (Å²) in [5.74, 6) is 0.0316. The minimum atomic E-state index is 0.0316. The summed E-state index contributed by atoms with van der Waals surface area (Å²) in [5, 5.41) is 4.97. The molecular formula is C16H16ClN3O. The minimum Gasteiger partial charge on any atom is -0.339 e. The predicted octanol–water partition coefficient (Wildman–Crippen LogP) is 3.08. The van der Waals surface area contributed by atoms with E-state index in [1.165, 1.54) is 0 Å². The molecule has 1 fully saturated rings. The third-order valence-electron chi connectivity index (χ3n) is 3.61. The number of rotatable bonds is 3. The zero-order valence-corrected chi connectivity index (χ0v) is 12.5. The second kappa shape index (κ2) is 5.74. The van der Waals surface area contributed by atoms with Crippen LogP contribution in [0.4, 0.5) is 0 Å². The molecule has 2 heterocycles. The normalized spacial score (nSPS) is 14.5. The Hall–Kier alpha value is -2.07. The van der Waals surface area contributed by atoms with Crippen LogP contribution < -0.4 is 0 Å². The highest BCUT2D eigenvalue weighted by Crippen LogP contribution is 2.24. The van der Waals surface area contributed by atoms with Crippen molar-refractivity contribution in [2.45, 2.75) is 13.3 Å². The lowest BCUT2D eigenvalue weighted by atomic mass is 10.2. The molecule has 1 aromatic heterocycles. The Labute approximate surface area is 128 Å². The molecule has 0 aliphatic carbocycles. The van der Waals surface area contributed by atoms with Gasteiger partial charge in [0.15, 0.2) is 0 Å². The van der Waals surface area contributed by atoms with Gasteiger partial charge in [-0.15, -0.1) is 0 Å². The van der Waals surface area contributed by atoms with Crippen LogP contribution in [0.2, 0.25) is 5.15 Å². The number of benzene rings is 1. The van der Waals surface area contributed by atoms with Crippen LogP contribution in [0.5, 0.6) is 0 Å². The molecule has 1 aromatic carbocycles. The molecule has 0 N–H and O–H groups in total. The molecule has 0 unspecified atom stereocenters. The first-order chi connectivity index (χ1) is 10.2. The van der Waals surface area contributed by atoms with Crippen LogP contribution in [-0.2, 0) is 4.79 Å². The molecule has 5 heteroatoms. The number of aryl methyl sites for hydroxylation is 1. The fraction of sp³-hybridized carbons (Fsp3) is 0.250. The van der Waals surface area contributed by atoms with Crippen LogP contribution >= 0.6 is 11.6 Å². The molecule has 0 radical (unpaired) electrons. The number of halogens is 1. The molecule has 2 aromatic rings. The molecule has 0 spiro atoms. The van der Waals surface area contributed by atoms with Crippen molar-refractivity contribution in [3.05, 3.63) is 52.8 Å². The van der Waals surface area contributed by atoms with E-state index >= 15 is 0 Å². The first kappa shape index (κ1) is 13.9. The summed E-state index contributed by atoms with van der Waals surface area (Å²) >= 11 is 6.40. The summed E-state index contributed by atoms with van der Waals surface area (Å²) in [6.45, 7) is 3.58. The van der Waals surface area contributed by atoms with Gasteiger partial charge in [-0.1, -0.05) is 29.8 Å². The Morgan fingerprint density at radius 2 is 2.00 bits per heavy atom. The van der Waals surface area contributed by atoms with Crippen LogP contribution in [-0.4, -0.2) is 33.7 Å². The van der Waals surface area contributed by atoms with Gasteiger partial charge in [0, 0.05) is 24.7 Å². The maximum absolute atomic E-state index is 11.9. The van der Waals surface area contributed by atoms with E-state index in [1.54, 1.807) is 21.7 Å². The summed E-state index contributed by atoms with van der Waals surface area (Å²) in [6.07, 6.45) is 4.42. The molecule has 1 amide bonds. The number of nitrogens with zero attached hydrogens (tertiary/aromatic N) is 3. The molecule has 0 saturated carbocycles. The van der Waals surface area contributed by atoms with Gasteiger partial charge >= 0.3 is 0 Å². The van der Waals surface area contributed by atoms with Gasteiger partial charge in [0.2, 0.25) is 5.91 Å². The standard InChI is InChI=1S/C16H16ClN3O/c1-12-14(8-9-15(21)19-10-5-11-19)16(17)20(18-12)13-6-3-2-4-7-13/h2-4,6-9H,5,10-11H2,1H3. The highest BCUT2D eigenvalue weighted by Gasteiger charge is 2.18. The highest BCUT2D eigenvalue weighted by atomic mass is 35.5. The lowest BCUT2D eigenvalue weighted by Gasteiger charge is -2.29. The van der Waals surface area contributed by atoms with E-state index in [1.807, 2.05) is 37.3 Å². The SMILES string of the molecule is Cc1nn(-c2ccccc2)c(Cl)c1C=CC(=O)N1CCC1. The largest absolute Gasteiger partial charge is 0.339 e. The van der Waals surface area contributed by atoms with E-state index in [2.05, 4.69) is 5.10 Å². The van der Waals surface area contributed by atoms with Crippen molar-refractivity contribution in [3.8, 4) is 5.69 Å². The second-order valence-corrected chi connectivity index (χ2v) is 5.41. The van der Waals surface area contributed by atoms with Crippen LogP contribution in [0, 0.1) is 6.92 Å². The van der Waals surface area contributed by atoms with E-state index in [-0.39, 0.29) is 5.91 Å². The minimum absolute atomic E-state index is 0.0316. The van der Waals surface area contributed by atoms with Gasteiger partial charge < -0.3 is 4.90 Å². The highest BCUT2D eigenvalue weighted by molar-refractivity contribution is 6.31. The van der Waals surface area contributed by atoms with Crippen molar-refractivity contribution in [2.24, 2.45) is 0 Å². The summed E-state index contributed by atoms with van der Waals surface area (Å²) < 4.78 is 1.69. The number of amides is 1. The van der Waals surface area contributed by atoms with Crippen molar-refractivity contribution in [1.82, 2.24) is 14.7 Å². The molecule has 1 aliphatic heterocycles. The van der Waals surface area contributed by atoms with Crippen molar-refractivity contribution >= 4 is 23.6 Å². The van der Waals surface area contributed by atoms with Crippen LogP contribution in [0.25, 0.3) is 11.8 Å². The summed E-state index contributed by atoms with van der Waals surface area (Å²) in [6, 6.07) is 9.70. The number of carbonyl (C=O) groups excluding carboxylic acids is 1. The monoisotopic (exact) mass is 301 g/mol. The van der Waals surface area contributed by atoms with Gasteiger partial charge in [0.05, 0.1) is 11.4 Å². The third-order valence-corrected chi connectivity index (χ3v) is 3.97. The molecular weight excluding hydrogens is 286 g/mol. The summed E-state index contributed by atoms with van der Waals surface area (Å²) in [7, 11) is 0. The zero-order valence-electron chi connectivity index (χ0n) is 11.8. The molecule has 1 saturated heterocycles. The van der Waals surface area contributed by atoms with Crippen molar-refractivity contribution in [2.75, 3.05) is 13.1 Å². The number of hydrogen-bond acceptors (Lipinski definition) is 2. The average Bonchev–Trinajstić information content (AvgIpc) is 2.71. The van der Waals surface area contributed by atoms with Gasteiger partial charge in [0.1, 0.15) is 5.15 Å². The maximum Gasteiger partial charge on any atom is 0.246 e. The topological polar surface area (TPSA) is 38.1 Å². The average molecular weight is 302 g/mol. The van der Waals surface area contributed by atoms with E-state index in [0.717, 1.165) is 36.5 Å². The molecule has 3 rings (SSSR count). The lowest BCUT2D eigenvalue weighted by Crippen LogP contribution is -2.40. The predicted molar refractivity (Wildman–Crippen MR) is 83.5 cm³/mol. The Bertz CT molecular complexity index is 687. The van der Waals surface area contributed by atoms with Crippen molar-refractivity contribution < 1.29 is 4.79 Å². The molecule has 0 atom stereocenters.